The van der Waals surface area contributed by atoms with Gasteiger partial charge in [-0.2, -0.15) is 0 Å². The van der Waals surface area contributed by atoms with Crippen LogP contribution < -0.4 is 0 Å². The van der Waals surface area contributed by atoms with Crippen LogP contribution in [0.4, 0.5) is 0 Å². The molecule has 22 heavy (non-hydrogen) atoms. The predicted octanol–water partition coefficient (Wildman–Crippen LogP) is -2.01. The van der Waals surface area contributed by atoms with Crippen molar-refractivity contribution in [3.8, 4) is 0 Å². The second-order valence-corrected chi connectivity index (χ2v) is 7.20. The Hall–Kier alpha value is 0.0799. The molecule has 3 unspecified atom stereocenters. The van der Waals surface area contributed by atoms with E-state index < -0.39 is 26.1 Å². The van der Waals surface area contributed by atoms with E-state index >= 15 is 0 Å². The first-order chi connectivity index (χ1) is 10.8. The first kappa shape index (κ1) is 16.9. The van der Waals surface area contributed by atoms with E-state index in [1.165, 1.54) is 0 Å². The summed E-state index contributed by atoms with van der Waals surface area (Å²) >= 11 is 0. The molecule has 2 rings (SSSR count). The van der Waals surface area contributed by atoms with Crippen molar-refractivity contribution in [3.05, 3.63) is 0 Å². The molecule has 2 aliphatic rings. The highest BCUT2D eigenvalue weighted by Gasteiger charge is 2.40. The van der Waals surface area contributed by atoms with E-state index in [9.17, 15) is 9.46 Å². The second kappa shape index (κ2) is 7.77. The van der Waals surface area contributed by atoms with Crippen LogP contribution in [0.2, 0.25) is 0 Å². The Kier molecular flexibility index (Phi) is 5.97. The third kappa shape index (κ3) is 4.79. The second-order valence-electron chi connectivity index (χ2n) is 5.79. The minimum absolute atomic E-state index is 0.00946. The number of ether oxygens (including phenoxy) is 3. The summed E-state index contributed by atoms with van der Waals surface area (Å²) in [6.45, 7) is -0.136. The zero-order chi connectivity index (χ0) is 17.0. The van der Waals surface area contributed by atoms with Gasteiger partial charge in [0, 0.05) is 19.1 Å². The average molecular weight is 337 g/mol. The number of hydrogen-bond acceptors (Lipinski definition) is 7. The Morgan fingerprint density at radius 1 is 1.27 bits per heavy atom. The Bertz CT molecular complexity index is 433. The number of hydrogen-bond donors (Lipinski definition) is 2. The van der Waals surface area contributed by atoms with E-state index in [1.54, 1.807) is 7.11 Å². The van der Waals surface area contributed by atoms with Crippen molar-refractivity contribution >= 4 is 23.5 Å². The zero-order valence-corrected chi connectivity index (χ0v) is 13.9. The first-order valence-electron chi connectivity index (χ1n) is 7.83. The van der Waals surface area contributed by atoms with Crippen molar-refractivity contribution in [1.82, 2.24) is 0 Å². The third-order valence-electron chi connectivity index (χ3n) is 3.91. The van der Waals surface area contributed by atoms with Gasteiger partial charge in [0.1, 0.15) is 27.9 Å². The van der Waals surface area contributed by atoms with Gasteiger partial charge >= 0.3 is 7.82 Å². The van der Waals surface area contributed by atoms with Gasteiger partial charge in [0.25, 0.3) is 0 Å². The lowest BCUT2D eigenvalue weighted by Crippen LogP contribution is -2.30. The lowest BCUT2D eigenvalue weighted by atomic mass is 9.96. The highest BCUT2D eigenvalue weighted by atomic mass is 31.2. The Morgan fingerprint density at radius 3 is 2.55 bits per heavy atom. The summed E-state index contributed by atoms with van der Waals surface area (Å²) in [5, 5.41) is 4.30. The monoisotopic (exact) mass is 337 g/mol. The van der Waals surface area contributed by atoms with Gasteiger partial charge in [-0.3, -0.25) is 9.05 Å². The molecule has 2 saturated heterocycles. The van der Waals surface area contributed by atoms with E-state index in [2.05, 4.69) is 5.11 Å². The molecule has 0 aromatic carbocycles. The van der Waals surface area contributed by atoms with E-state index in [0.29, 0.717) is 12.8 Å². The van der Waals surface area contributed by atoms with E-state index in [1.807, 2.05) is 15.7 Å². The molecule has 2 N–H and O–H groups in total. The minimum Gasteiger partial charge on any atom is -0.394 e. The van der Waals surface area contributed by atoms with Gasteiger partial charge in [0.05, 0.1) is 25.4 Å². The highest BCUT2D eigenvalue weighted by molar-refractivity contribution is 7.47. The first-order valence-corrected chi connectivity index (χ1v) is 8.91. The zero-order valence-electron chi connectivity index (χ0n) is 14.0. The molecule has 0 aromatic rings. The smallest absolute Gasteiger partial charge is 0.394 e. The largest absolute Gasteiger partial charge is 0.472 e. The van der Waals surface area contributed by atoms with Gasteiger partial charge in [-0.25, -0.2) is 4.57 Å². The van der Waals surface area contributed by atoms with Crippen LogP contribution in [0.1, 0.15) is 12.8 Å². The molecule has 126 valence electrons. The van der Waals surface area contributed by atoms with E-state index in [-0.39, 0.29) is 31.3 Å². The Morgan fingerprint density at radius 2 is 1.91 bits per heavy atom. The van der Waals surface area contributed by atoms with Crippen LogP contribution in [-0.4, -0.2) is 83.9 Å². The standard InChI is InChI=1S/C11H23B2O8P/c1-17-6-2-10(12)20-9(6)5-18-22(15,16)21-7-3-11(13)19-8(7)4-14/h6-11,14H,2-5,12-13H2,1H3,(H,15,16)/t6?,7?,8-,9-,10-,11-/m1/s1/i14D. The Labute approximate surface area is 133 Å². The lowest BCUT2D eigenvalue weighted by Gasteiger charge is -2.22. The SMILES string of the molecule is [2H]OC[C@H]1O[C@@H](B)CC1OP(=O)(O)OC[C@H]1O[C@@H](B)CC1OC. The fraction of sp³-hybridized carbons (Fsp3) is 1.00. The number of rotatable bonds is 8. The molecule has 11 heteroatoms. The molecule has 0 radical (unpaired) electrons. The number of phosphoric ester groups is 1. The van der Waals surface area contributed by atoms with Gasteiger partial charge in [-0.05, 0) is 12.8 Å². The fourth-order valence-electron chi connectivity index (χ4n) is 2.86. The molecular formula is C11H23B2O8P. The molecule has 2 aliphatic heterocycles. The fourth-order valence-corrected chi connectivity index (χ4v) is 3.82. The number of methoxy groups -OCH3 is 1. The van der Waals surface area contributed by atoms with Crippen LogP contribution in [-0.2, 0) is 27.8 Å². The number of aliphatic hydroxyl groups is 1. The van der Waals surface area contributed by atoms with Crippen molar-refractivity contribution in [2.75, 3.05) is 20.3 Å². The average Bonchev–Trinajstić information content (AvgIpc) is 2.99. The molecule has 0 amide bonds. The van der Waals surface area contributed by atoms with Crippen molar-refractivity contribution in [2.45, 2.75) is 49.3 Å². The molecule has 0 saturated carbocycles. The number of phosphoric acid groups is 1. The van der Waals surface area contributed by atoms with Crippen molar-refractivity contribution in [3.63, 3.8) is 0 Å². The molecule has 0 bridgehead atoms. The predicted molar refractivity (Wildman–Crippen MR) is 82.2 cm³/mol. The van der Waals surface area contributed by atoms with Gasteiger partial charge in [-0.1, -0.05) is 0 Å². The molecule has 2 heterocycles. The summed E-state index contributed by atoms with van der Waals surface area (Å²) in [6.07, 6.45) is -0.680. The summed E-state index contributed by atoms with van der Waals surface area (Å²) in [6, 6.07) is -0.132. The van der Waals surface area contributed by atoms with Crippen LogP contribution in [0.3, 0.4) is 0 Å². The maximum atomic E-state index is 12.1. The normalized spacial score (nSPS) is 42.2. The topological polar surface area (TPSA) is 104 Å². The van der Waals surface area contributed by atoms with Gasteiger partial charge in [0.15, 0.2) is 0 Å². The van der Waals surface area contributed by atoms with Crippen LogP contribution in [0.5, 0.6) is 0 Å². The van der Waals surface area contributed by atoms with Gasteiger partial charge in [0.2, 0.25) is 1.43 Å². The minimum atomic E-state index is -4.27. The summed E-state index contributed by atoms with van der Waals surface area (Å²) in [4.78, 5) is 9.90. The quantitative estimate of drug-likeness (QED) is 0.387. The summed E-state index contributed by atoms with van der Waals surface area (Å²) in [5.74, 6) is 0. The summed E-state index contributed by atoms with van der Waals surface area (Å²) in [5.41, 5.74) is 0. The number of aliphatic hydroxyl groups excluding tert-OH is 1. The van der Waals surface area contributed by atoms with Crippen molar-refractivity contribution < 1.29 is 37.8 Å². The maximum absolute atomic E-state index is 12.1. The van der Waals surface area contributed by atoms with Crippen LogP contribution in [0.15, 0.2) is 0 Å². The Balaban J connectivity index is 1.85. The molecule has 0 aromatic heterocycles. The van der Waals surface area contributed by atoms with Crippen LogP contribution >= 0.6 is 7.82 Å². The molecule has 2 fully saturated rings. The van der Waals surface area contributed by atoms with Crippen molar-refractivity contribution in [2.24, 2.45) is 0 Å². The third-order valence-corrected chi connectivity index (χ3v) is 4.92. The summed E-state index contributed by atoms with van der Waals surface area (Å²) < 4.78 is 45.5. The lowest BCUT2D eigenvalue weighted by molar-refractivity contribution is -0.0331. The van der Waals surface area contributed by atoms with Crippen LogP contribution in [0, 0.1) is 0 Å². The highest BCUT2D eigenvalue weighted by Crippen LogP contribution is 2.47. The maximum Gasteiger partial charge on any atom is 0.472 e. The molecular weight excluding hydrogens is 313 g/mol. The van der Waals surface area contributed by atoms with Crippen molar-refractivity contribution in [1.29, 1.82) is 1.43 Å². The summed E-state index contributed by atoms with van der Waals surface area (Å²) in [7, 11) is 1.02. The molecule has 8 nitrogen and oxygen atoms in total. The van der Waals surface area contributed by atoms with E-state index in [0.717, 1.165) is 0 Å². The van der Waals surface area contributed by atoms with Gasteiger partial charge in [-0.15, -0.1) is 0 Å². The molecule has 0 aliphatic carbocycles. The van der Waals surface area contributed by atoms with E-state index in [4.69, 9.17) is 24.7 Å². The van der Waals surface area contributed by atoms with Gasteiger partial charge < -0.3 is 24.2 Å². The van der Waals surface area contributed by atoms with Crippen LogP contribution in [0.25, 0.3) is 0 Å². The molecule has 7 atom stereocenters. The molecule has 0 spiro atoms.